The van der Waals surface area contributed by atoms with Crippen molar-refractivity contribution in [1.29, 1.82) is 0 Å². The average Bonchev–Trinajstić information content (AvgIpc) is 3.07. The summed E-state index contributed by atoms with van der Waals surface area (Å²) in [6, 6.07) is 8.17. The van der Waals surface area contributed by atoms with E-state index in [1.807, 2.05) is 32.9 Å². The predicted molar refractivity (Wildman–Crippen MR) is 96.3 cm³/mol. The fraction of sp³-hybridized carbons (Fsp3) is 0.632. The number of hydrogen-bond donors (Lipinski definition) is 0. The van der Waals surface area contributed by atoms with E-state index in [0.29, 0.717) is 19.7 Å². The lowest BCUT2D eigenvalue weighted by Crippen LogP contribution is -2.50. The Bertz CT molecular complexity index is 568. The Labute approximate surface area is 149 Å². The van der Waals surface area contributed by atoms with E-state index in [2.05, 4.69) is 17.0 Å². The van der Waals surface area contributed by atoms with E-state index in [0.717, 1.165) is 37.6 Å². The van der Waals surface area contributed by atoms with E-state index in [4.69, 9.17) is 14.2 Å². The SMILES string of the molecule is CC(C)(C)OC(=O)N1CCN(c2ccc(O[C@H]3CCOC3)cc2)CC1. The van der Waals surface area contributed by atoms with Crippen LogP contribution >= 0.6 is 0 Å². The zero-order valence-electron chi connectivity index (χ0n) is 15.4. The first kappa shape index (κ1) is 17.9. The molecule has 0 radical (unpaired) electrons. The van der Waals surface area contributed by atoms with Crippen molar-refractivity contribution < 1.29 is 19.0 Å². The van der Waals surface area contributed by atoms with Crippen LogP contribution in [0.4, 0.5) is 10.5 Å². The Morgan fingerprint density at radius 1 is 1.12 bits per heavy atom. The number of nitrogens with zero attached hydrogens (tertiary/aromatic N) is 2. The summed E-state index contributed by atoms with van der Waals surface area (Å²) in [5.41, 5.74) is 0.702. The molecule has 0 N–H and O–H groups in total. The lowest BCUT2D eigenvalue weighted by atomic mass is 10.2. The summed E-state index contributed by atoms with van der Waals surface area (Å²) in [4.78, 5) is 16.2. The Hall–Kier alpha value is -1.95. The van der Waals surface area contributed by atoms with Gasteiger partial charge in [-0.1, -0.05) is 0 Å². The van der Waals surface area contributed by atoms with Crippen molar-refractivity contribution in [3.63, 3.8) is 0 Å². The highest BCUT2D eigenvalue weighted by Gasteiger charge is 2.26. The van der Waals surface area contributed by atoms with Crippen molar-refractivity contribution in [2.45, 2.75) is 38.9 Å². The zero-order valence-corrected chi connectivity index (χ0v) is 15.4. The van der Waals surface area contributed by atoms with Crippen LogP contribution in [-0.2, 0) is 9.47 Å². The molecule has 2 heterocycles. The van der Waals surface area contributed by atoms with Crippen LogP contribution in [0.15, 0.2) is 24.3 Å². The monoisotopic (exact) mass is 348 g/mol. The average molecular weight is 348 g/mol. The number of amides is 1. The molecule has 2 aliphatic heterocycles. The fourth-order valence-electron chi connectivity index (χ4n) is 3.01. The molecule has 25 heavy (non-hydrogen) atoms. The first-order valence-corrected chi connectivity index (χ1v) is 8.98. The van der Waals surface area contributed by atoms with E-state index < -0.39 is 5.60 Å². The van der Waals surface area contributed by atoms with Crippen LogP contribution < -0.4 is 9.64 Å². The number of hydrogen-bond acceptors (Lipinski definition) is 5. The predicted octanol–water partition coefficient (Wildman–Crippen LogP) is 2.91. The van der Waals surface area contributed by atoms with Gasteiger partial charge in [0.15, 0.2) is 0 Å². The molecule has 2 saturated heterocycles. The minimum absolute atomic E-state index is 0.170. The summed E-state index contributed by atoms with van der Waals surface area (Å²) in [5, 5.41) is 0. The van der Waals surface area contributed by atoms with Crippen molar-refractivity contribution in [2.24, 2.45) is 0 Å². The van der Waals surface area contributed by atoms with Crippen LogP contribution in [0.1, 0.15) is 27.2 Å². The maximum atomic E-state index is 12.1. The smallest absolute Gasteiger partial charge is 0.410 e. The number of benzene rings is 1. The van der Waals surface area contributed by atoms with Crippen LogP contribution in [0.25, 0.3) is 0 Å². The maximum Gasteiger partial charge on any atom is 0.410 e. The molecule has 6 nitrogen and oxygen atoms in total. The van der Waals surface area contributed by atoms with Crippen molar-refractivity contribution >= 4 is 11.8 Å². The van der Waals surface area contributed by atoms with Crippen molar-refractivity contribution in [3.8, 4) is 5.75 Å². The van der Waals surface area contributed by atoms with E-state index >= 15 is 0 Å². The molecule has 0 bridgehead atoms. The molecule has 1 amide bonds. The first-order valence-electron chi connectivity index (χ1n) is 8.98. The molecule has 0 spiro atoms. The summed E-state index contributed by atoms with van der Waals surface area (Å²) in [5.74, 6) is 0.881. The Morgan fingerprint density at radius 2 is 1.80 bits per heavy atom. The number of ether oxygens (including phenoxy) is 3. The number of carbonyl (C=O) groups excluding carboxylic acids is 1. The van der Waals surface area contributed by atoms with Gasteiger partial charge >= 0.3 is 6.09 Å². The quantitative estimate of drug-likeness (QED) is 0.841. The third-order valence-corrected chi connectivity index (χ3v) is 4.32. The van der Waals surface area contributed by atoms with Gasteiger partial charge in [0.25, 0.3) is 0 Å². The van der Waals surface area contributed by atoms with Crippen LogP contribution in [0.5, 0.6) is 5.75 Å². The molecule has 0 aromatic heterocycles. The lowest BCUT2D eigenvalue weighted by molar-refractivity contribution is 0.0240. The highest BCUT2D eigenvalue weighted by Crippen LogP contribution is 2.23. The van der Waals surface area contributed by atoms with E-state index in [-0.39, 0.29) is 12.2 Å². The van der Waals surface area contributed by atoms with Crippen LogP contribution in [0, 0.1) is 0 Å². The van der Waals surface area contributed by atoms with Gasteiger partial charge in [-0.2, -0.15) is 0 Å². The molecule has 2 fully saturated rings. The van der Waals surface area contributed by atoms with Gasteiger partial charge in [0, 0.05) is 38.3 Å². The molecule has 0 saturated carbocycles. The minimum Gasteiger partial charge on any atom is -0.488 e. The second-order valence-electron chi connectivity index (χ2n) is 7.55. The lowest BCUT2D eigenvalue weighted by Gasteiger charge is -2.36. The second kappa shape index (κ2) is 7.52. The summed E-state index contributed by atoms with van der Waals surface area (Å²) in [7, 11) is 0. The standard InChI is InChI=1S/C19H28N2O4/c1-19(2,3)25-18(22)21-11-9-20(10-12-21)15-4-6-16(7-5-15)24-17-8-13-23-14-17/h4-7,17H,8-14H2,1-3H3/t17-/m0/s1. The molecule has 138 valence electrons. The first-order chi connectivity index (χ1) is 11.9. The van der Waals surface area contributed by atoms with Gasteiger partial charge in [-0.05, 0) is 45.0 Å². The van der Waals surface area contributed by atoms with Gasteiger partial charge in [-0.25, -0.2) is 4.79 Å². The number of anilines is 1. The molecular formula is C19H28N2O4. The topological polar surface area (TPSA) is 51.2 Å². The zero-order chi connectivity index (χ0) is 17.9. The normalized spacial score (nSPS) is 21.3. The molecule has 1 aromatic carbocycles. The van der Waals surface area contributed by atoms with Gasteiger partial charge < -0.3 is 24.0 Å². The molecule has 2 aliphatic rings. The van der Waals surface area contributed by atoms with Gasteiger partial charge in [-0.15, -0.1) is 0 Å². The number of carbonyl (C=O) groups is 1. The largest absolute Gasteiger partial charge is 0.488 e. The van der Waals surface area contributed by atoms with Gasteiger partial charge in [0.2, 0.25) is 0 Å². The third kappa shape index (κ3) is 5.01. The molecule has 1 atom stereocenters. The van der Waals surface area contributed by atoms with Crippen LogP contribution in [0.2, 0.25) is 0 Å². The fourth-order valence-corrected chi connectivity index (χ4v) is 3.01. The van der Waals surface area contributed by atoms with Crippen molar-refractivity contribution in [3.05, 3.63) is 24.3 Å². The van der Waals surface area contributed by atoms with E-state index in [9.17, 15) is 4.79 Å². The summed E-state index contributed by atoms with van der Waals surface area (Å²) in [6.45, 7) is 10.1. The molecule has 0 aliphatic carbocycles. The minimum atomic E-state index is -0.450. The van der Waals surface area contributed by atoms with Gasteiger partial charge in [-0.3, -0.25) is 0 Å². The number of piperazine rings is 1. The molecule has 6 heteroatoms. The molecule has 1 aromatic rings. The van der Waals surface area contributed by atoms with Gasteiger partial charge in [0.05, 0.1) is 13.2 Å². The molecule has 0 unspecified atom stereocenters. The van der Waals surface area contributed by atoms with Crippen LogP contribution in [-0.4, -0.2) is 62.1 Å². The van der Waals surface area contributed by atoms with Crippen molar-refractivity contribution in [2.75, 3.05) is 44.3 Å². The highest BCUT2D eigenvalue weighted by atomic mass is 16.6. The van der Waals surface area contributed by atoms with Crippen LogP contribution in [0.3, 0.4) is 0 Å². The Morgan fingerprint density at radius 3 is 2.36 bits per heavy atom. The molecule has 3 rings (SSSR count). The Kier molecular flexibility index (Phi) is 5.37. The maximum absolute atomic E-state index is 12.1. The summed E-state index contributed by atoms with van der Waals surface area (Å²) in [6.07, 6.45) is 0.895. The molecular weight excluding hydrogens is 320 g/mol. The third-order valence-electron chi connectivity index (χ3n) is 4.32. The second-order valence-corrected chi connectivity index (χ2v) is 7.55. The van der Waals surface area contributed by atoms with Gasteiger partial charge in [0.1, 0.15) is 17.5 Å². The summed E-state index contributed by atoms with van der Waals surface area (Å²) < 4.78 is 16.7. The van der Waals surface area contributed by atoms with Crippen molar-refractivity contribution in [1.82, 2.24) is 4.90 Å². The Balaban J connectivity index is 1.50. The van der Waals surface area contributed by atoms with E-state index in [1.54, 1.807) is 4.90 Å². The van der Waals surface area contributed by atoms with E-state index in [1.165, 1.54) is 0 Å². The summed E-state index contributed by atoms with van der Waals surface area (Å²) >= 11 is 0. The number of rotatable bonds is 3. The highest BCUT2D eigenvalue weighted by molar-refractivity contribution is 5.68.